The van der Waals surface area contributed by atoms with E-state index in [2.05, 4.69) is 5.32 Å². The number of hydrogen-bond acceptors (Lipinski definition) is 2. The van der Waals surface area contributed by atoms with E-state index < -0.39 is 11.9 Å². The van der Waals surface area contributed by atoms with Crippen LogP contribution in [0.4, 0.5) is 0 Å². The Morgan fingerprint density at radius 1 is 1.24 bits per heavy atom. The van der Waals surface area contributed by atoms with Gasteiger partial charge in [0.25, 0.3) is 0 Å². The van der Waals surface area contributed by atoms with Crippen molar-refractivity contribution in [3.63, 3.8) is 0 Å². The molecule has 0 aromatic rings. The maximum Gasteiger partial charge on any atom is 0.308 e. The highest BCUT2D eigenvalue weighted by atomic mass is 16.4. The van der Waals surface area contributed by atoms with Crippen molar-refractivity contribution in [3.05, 3.63) is 0 Å². The SMILES string of the molecule is CC(NC(=O)C1CC2CCC1C2)C(C)C(=O)O. The van der Waals surface area contributed by atoms with Gasteiger partial charge < -0.3 is 10.4 Å². The topological polar surface area (TPSA) is 66.4 Å². The summed E-state index contributed by atoms with van der Waals surface area (Å²) >= 11 is 0. The molecule has 96 valence electrons. The fourth-order valence-corrected chi connectivity index (χ4v) is 3.24. The molecule has 2 aliphatic rings. The molecule has 4 nitrogen and oxygen atoms in total. The highest BCUT2D eigenvalue weighted by molar-refractivity contribution is 5.80. The maximum absolute atomic E-state index is 12.1. The van der Waals surface area contributed by atoms with Crippen LogP contribution in [-0.2, 0) is 9.59 Å². The van der Waals surface area contributed by atoms with E-state index >= 15 is 0 Å². The van der Waals surface area contributed by atoms with Gasteiger partial charge in [0.1, 0.15) is 0 Å². The highest BCUT2D eigenvalue weighted by Gasteiger charge is 2.43. The summed E-state index contributed by atoms with van der Waals surface area (Å²) in [5.41, 5.74) is 0. The van der Waals surface area contributed by atoms with E-state index in [1.165, 1.54) is 19.3 Å². The minimum Gasteiger partial charge on any atom is -0.481 e. The van der Waals surface area contributed by atoms with Gasteiger partial charge in [-0.3, -0.25) is 9.59 Å². The number of amides is 1. The van der Waals surface area contributed by atoms with Crippen molar-refractivity contribution >= 4 is 11.9 Å². The first-order valence-electron chi connectivity index (χ1n) is 6.52. The van der Waals surface area contributed by atoms with Gasteiger partial charge in [-0.1, -0.05) is 6.42 Å². The first-order chi connectivity index (χ1) is 7.99. The second-order valence-corrected chi connectivity index (χ2v) is 5.71. The number of carboxylic acid groups (broad SMARTS) is 1. The van der Waals surface area contributed by atoms with Crippen molar-refractivity contribution in [2.75, 3.05) is 0 Å². The van der Waals surface area contributed by atoms with Gasteiger partial charge in [0.05, 0.1) is 5.92 Å². The zero-order valence-electron chi connectivity index (χ0n) is 10.5. The molecule has 2 bridgehead atoms. The third-order valence-electron chi connectivity index (χ3n) is 4.58. The number of aliphatic carboxylic acids is 1. The molecule has 2 saturated carbocycles. The zero-order chi connectivity index (χ0) is 12.6. The quantitative estimate of drug-likeness (QED) is 0.784. The molecule has 5 atom stereocenters. The minimum absolute atomic E-state index is 0.0674. The summed E-state index contributed by atoms with van der Waals surface area (Å²) in [7, 11) is 0. The standard InChI is InChI=1S/C13H21NO3/c1-7(13(16)17)8(2)14-12(15)11-6-9-3-4-10(11)5-9/h7-11H,3-6H2,1-2H3,(H,14,15)(H,16,17). The predicted molar refractivity (Wildman–Crippen MR) is 63.3 cm³/mol. The van der Waals surface area contributed by atoms with Crippen LogP contribution >= 0.6 is 0 Å². The lowest BCUT2D eigenvalue weighted by molar-refractivity contribution is -0.142. The molecule has 0 aliphatic heterocycles. The van der Waals surface area contributed by atoms with Gasteiger partial charge in [-0.2, -0.15) is 0 Å². The number of fused-ring (bicyclic) bond motifs is 2. The Morgan fingerprint density at radius 3 is 2.41 bits per heavy atom. The Kier molecular flexibility index (Phi) is 3.40. The summed E-state index contributed by atoms with van der Waals surface area (Å²) in [4.78, 5) is 22.9. The van der Waals surface area contributed by atoms with Gasteiger partial charge in [0.15, 0.2) is 0 Å². The van der Waals surface area contributed by atoms with Crippen LogP contribution in [-0.4, -0.2) is 23.0 Å². The van der Waals surface area contributed by atoms with E-state index in [0.29, 0.717) is 5.92 Å². The van der Waals surface area contributed by atoms with Crippen molar-refractivity contribution < 1.29 is 14.7 Å². The van der Waals surface area contributed by atoms with Gasteiger partial charge in [-0.05, 0) is 44.9 Å². The molecule has 0 heterocycles. The van der Waals surface area contributed by atoms with Crippen LogP contribution < -0.4 is 5.32 Å². The number of carbonyl (C=O) groups excluding carboxylic acids is 1. The predicted octanol–water partition coefficient (Wildman–Crippen LogP) is 1.65. The molecule has 0 aromatic carbocycles. The summed E-state index contributed by atoms with van der Waals surface area (Å²) in [6.45, 7) is 3.40. The van der Waals surface area contributed by atoms with Crippen LogP contribution in [0.2, 0.25) is 0 Å². The van der Waals surface area contributed by atoms with Crippen LogP contribution in [0.1, 0.15) is 39.5 Å². The summed E-state index contributed by atoms with van der Waals surface area (Å²) in [6.07, 6.45) is 4.65. The van der Waals surface area contributed by atoms with E-state index in [-0.39, 0.29) is 17.9 Å². The molecule has 2 aliphatic carbocycles. The second-order valence-electron chi connectivity index (χ2n) is 5.71. The lowest BCUT2D eigenvalue weighted by Crippen LogP contribution is -2.44. The largest absolute Gasteiger partial charge is 0.481 e. The minimum atomic E-state index is -0.856. The summed E-state index contributed by atoms with van der Waals surface area (Å²) in [5.74, 6) is 0.105. The molecule has 1 amide bonds. The first kappa shape index (κ1) is 12.4. The Morgan fingerprint density at radius 2 is 1.94 bits per heavy atom. The Balaban J connectivity index is 1.87. The average molecular weight is 239 g/mol. The molecular weight excluding hydrogens is 218 g/mol. The van der Waals surface area contributed by atoms with Crippen molar-refractivity contribution in [2.45, 2.75) is 45.6 Å². The molecule has 0 aromatic heterocycles. The molecule has 2 rings (SSSR count). The number of hydrogen-bond donors (Lipinski definition) is 2. The highest BCUT2D eigenvalue weighted by Crippen LogP contribution is 2.48. The van der Waals surface area contributed by atoms with Gasteiger partial charge in [-0.25, -0.2) is 0 Å². The maximum atomic E-state index is 12.1. The molecule has 17 heavy (non-hydrogen) atoms. The average Bonchev–Trinajstić information content (AvgIpc) is 2.89. The van der Waals surface area contributed by atoms with E-state index in [0.717, 1.165) is 12.3 Å². The second kappa shape index (κ2) is 4.67. The number of carbonyl (C=O) groups is 2. The van der Waals surface area contributed by atoms with Gasteiger partial charge >= 0.3 is 5.97 Å². The lowest BCUT2D eigenvalue weighted by Gasteiger charge is -2.24. The number of rotatable bonds is 4. The lowest BCUT2D eigenvalue weighted by atomic mass is 9.87. The third-order valence-corrected chi connectivity index (χ3v) is 4.58. The normalized spacial score (nSPS) is 34.4. The first-order valence-corrected chi connectivity index (χ1v) is 6.52. The molecule has 5 unspecified atom stereocenters. The summed E-state index contributed by atoms with van der Waals surface area (Å²) in [6, 6.07) is -0.292. The summed E-state index contributed by atoms with van der Waals surface area (Å²) in [5, 5.41) is 11.8. The molecule has 2 fully saturated rings. The molecule has 0 saturated heterocycles. The fourth-order valence-electron chi connectivity index (χ4n) is 3.24. The zero-order valence-corrected chi connectivity index (χ0v) is 10.5. The third kappa shape index (κ3) is 2.45. The number of carboxylic acids is 1. The van der Waals surface area contributed by atoms with Crippen LogP contribution in [0, 0.1) is 23.7 Å². The molecule has 0 radical (unpaired) electrons. The van der Waals surface area contributed by atoms with Crippen molar-refractivity contribution in [3.8, 4) is 0 Å². The van der Waals surface area contributed by atoms with Gasteiger partial charge in [-0.15, -0.1) is 0 Å². The molecule has 0 spiro atoms. The van der Waals surface area contributed by atoms with Gasteiger partial charge in [0.2, 0.25) is 5.91 Å². The van der Waals surface area contributed by atoms with Crippen LogP contribution in [0.5, 0.6) is 0 Å². The van der Waals surface area contributed by atoms with Gasteiger partial charge in [0, 0.05) is 12.0 Å². The Bertz CT molecular complexity index is 329. The van der Waals surface area contributed by atoms with Crippen molar-refractivity contribution in [1.82, 2.24) is 5.32 Å². The molecule has 2 N–H and O–H groups in total. The van der Waals surface area contributed by atoms with Crippen molar-refractivity contribution in [2.24, 2.45) is 23.7 Å². The number of nitrogens with one attached hydrogen (secondary N) is 1. The Hall–Kier alpha value is -1.06. The van der Waals surface area contributed by atoms with Crippen LogP contribution in [0.15, 0.2) is 0 Å². The molecule has 4 heteroatoms. The summed E-state index contributed by atoms with van der Waals surface area (Å²) < 4.78 is 0. The molecular formula is C13H21NO3. The fraction of sp³-hybridized carbons (Fsp3) is 0.846. The van der Waals surface area contributed by atoms with Crippen LogP contribution in [0.25, 0.3) is 0 Å². The van der Waals surface area contributed by atoms with E-state index in [1.54, 1.807) is 13.8 Å². The van der Waals surface area contributed by atoms with E-state index in [1.807, 2.05) is 0 Å². The van der Waals surface area contributed by atoms with E-state index in [4.69, 9.17) is 5.11 Å². The smallest absolute Gasteiger partial charge is 0.308 e. The van der Waals surface area contributed by atoms with Crippen molar-refractivity contribution in [1.29, 1.82) is 0 Å². The monoisotopic (exact) mass is 239 g/mol. The van der Waals surface area contributed by atoms with Crippen LogP contribution in [0.3, 0.4) is 0 Å². The van der Waals surface area contributed by atoms with E-state index in [9.17, 15) is 9.59 Å². The Labute approximate surface area is 102 Å².